The third-order valence-electron chi connectivity index (χ3n) is 2.55. The molecule has 1 aromatic rings. The summed E-state index contributed by atoms with van der Waals surface area (Å²) in [4.78, 5) is 0. The molecule has 2 N–H and O–H groups in total. The summed E-state index contributed by atoms with van der Waals surface area (Å²) >= 11 is 3.44. The van der Waals surface area contributed by atoms with E-state index >= 15 is 0 Å². The molecule has 3 nitrogen and oxygen atoms in total. The summed E-state index contributed by atoms with van der Waals surface area (Å²) in [5.41, 5.74) is 5.59. The van der Waals surface area contributed by atoms with Crippen molar-refractivity contribution < 1.29 is 9.15 Å². The lowest BCUT2D eigenvalue weighted by Crippen LogP contribution is -2.29. The van der Waals surface area contributed by atoms with E-state index in [0.717, 1.165) is 29.5 Å². The van der Waals surface area contributed by atoms with Crippen molar-refractivity contribution in [2.45, 2.75) is 31.5 Å². The molecule has 2 heterocycles. The molecule has 14 heavy (non-hydrogen) atoms. The van der Waals surface area contributed by atoms with Crippen LogP contribution >= 0.6 is 15.9 Å². The molecule has 0 radical (unpaired) electrons. The van der Waals surface area contributed by atoms with Gasteiger partial charge in [-0.3, -0.25) is 0 Å². The van der Waals surface area contributed by atoms with Crippen LogP contribution < -0.4 is 5.73 Å². The van der Waals surface area contributed by atoms with Gasteiger partial charge in [-0.05, 0) is 41.3 Å². The van der Waals surface area contributed by atoms with Gasteiger partial charge in [0.05, 0.1) is 16.8 Å². The van der Waals surface area contributed by atoms with Gasteiger partial charge in [0, 0.05) is 6.54 Å². The Morgan fingerprint density at radius 3 is 3.00 bits per heavy atom. The zero-order chi connectivity index (χ0) is 9.97. The Hall–Kier alpha value is -0.320. The van der Waals surface area contributed by atoms with Crippen molar-refractivity contribution in [3.05, 3.63) is 22.6 Å². The van der Waals surface area contributed by atoms with Crippen molar-refractivity contribution in [3.63, 3.8) is 0 Å². The van der Waals surface area contributed by atoms with Gasteiger partial charge >= 0.3 is 0 Å². The topological polar surface area (TPSA) is 48.4 Å². The van der Waals surface area contributed by atoms with Crippen molar-refractivity contribution in [2.24, 2.45) is 5.73 Å². The lowest BCUT2D eigenvalue weighted by molar-refractivity contribution is -0.0562. The summed E-state index contributed by atoms with van der Waals surface area (Å²) in [6.07, 6.45) is 5.16. The third kappa shape index (κ3) is 2.02. The summed E-state index contributed by atoms with van der Waals surface area (Å²) in [7, 11) is 0. The highest BCUT2D eigenvalue weighted by atomic mass is 79.9. The molecule has 0 aliphatic carbocycles. The molecule has 1 aromatic heterocycles. The monoisotopic (exact) mass is 259 g/mol. The molecule has 0 bridgehead atoms. The molecule has 0 spiro atoms. The molecule has 1 aliphatic heterocycles. The van der Waals surface area contributed by atoms with E-state index in [0.29, 0.717) is 6.54 Å². The lowest BCUT2D eigenvalue weighted by Gasteiger charge is -2.28. The number of ether oxygens (including phenoxy) is 1. The average Bonchev–Trinajstić information content (AvgIpc) is 2.65. The molecule has 0 saturated carbocycles. The number of nitrogens with two attached hydrogens (primary N) is 1. The van der Waals surface area contributed by atoms with Crippen LogP contribution in [-0.2, 0) is 4.74 Å². The molecule has 4 heteroatoms. The number of rotatable bonds is 2. The van der Waals surface area contributed by atoms with Gasteiger partial charge in [-0.1, -0.05) is 0 Å². The van der Waals surface area contributed by atoms with Gasteiger partial charge in [0.25, 0.3) is 0 Å². The van der Waals surface area contributed by atoms with Crippen LogP contribution in [0.2, 0.25) is 0 Å². The summed E-state index contributed by atoms with van der Waals surface area (Å²) in [5, 5.41) is 0. The minimum absolute atomic E-state index is 0.0710. The van der Waals surface area contributed by atoms with Crippen LogP contribution in [0.15, 0.2) is 21.2 Å². The van der Waals surface area contributed by atoms with Crippen LogP contribution in [0.4, 0.5) is 0 Å². The van der Waals surface area contributed by atoms with E-state index in [4.69, 9.17) is 14.9 Å². The van der Waals surface area contributed by atoms with Crippen molar-refractivity contribution >= 4 is 15.9 Å². The highest BCUT2D eigenvalue weighted by Gasteiger charge is 2.26. The Balaban J connectivity index is 2.08. The van der Waals surface area contributed by atoms with Gasteiger partial charge in [0.2, 0.25) is 0 Å². The molecule has 0 aromatic carbocycles. The van der Waals surface area contributed by atoms with Crippen LogP contribution in [0.3, 0.4) is 0 Å². The Morgan fingerprint density at radius 2 is 2.36 bits per heavy atom. The third-order valence-corrected chi connectivity index (χ3v) is 3.20. The standard InChI is InChI=1S/C10H14BrNO2/c11-8-4-5-13-10(8)9-3-1-2-7(6-12)14-9/h4-5,7,9H,1-3,6,12H2. The van der Waals surface area contributed by atoms with Gasteiger partial charge < -0.3 is 14.9 Å². The van der Waals surface area contributed by atoms with Crippen LogP contribution in [-0.4, -0.2) is 12.6 Å². The number of hydrogen-bond donors (Lipinski definition) is 1. The van der Waals surface area contributed by atoms with E-state index in [1.165, 1.54) is 0 Å². The number of halogens is 1. The zero-order valence-corrected chi connectivity index (χ0v) is 9.50. The second-order valence-electron chi connectivity index (χ2n) is 3.55. The largest absolute Gasteiger partial charge is 0.465 e. The average molecular weight is 260 g/mol. The maximum atomic E-state index is 5.81. The normalized spacial score (nSPS) is 27.9. The highest BCUT2D eigenvalue weighted by molar-refractivity contribution is 9.10. The van der Waals surface area contributed by atoms with Gasteiger partial charge in [0.1, 0.15) is 11.9 Å². The van der Waals surface area contributed by atoms with E-state index in [-0.39, 0.29) is 12.2 Å². The molecule has 2 rings (SSSR count). The molecular formula is C10H14BrNO2. The first-order chi connectivity index (χ1) is 6.81. The number of furan rings is 1. The molecule has 1 fully saturated rings. The number of hydrogen-bond acceptors (Lipinski definition) is 3. The van der Waals surface area contributed by atoms with E-state index < -0.39 is 0 Å². The molecule has 1 aliphatic rings. The van der Waals surface area contributed by atoms with Crippen molar-refractivity contribution in [2.75, 3.05) is 6.54 Å². The van der Waals surface area contributed by atoms with Crippen molar-refractivity contribution in [1.29, 1.82) is 0 Å². The van der Waals surface area contributed by atoms with E-state index in [2.05, 4.69) is 15.9 Å². The second-order valence-corrected chi connectivity index (χ2v) is 4.40. The Morgan fingerprint density at radius 1 is 1.50 bits per heavy atom. The van der Waals surface area contributed by atoms with Gasteiger partial charge in [-0.2, -0.15) is 0 Å². The zero-order valence-electron chi connectivity index (χ0n) is 7.91. The van der Waals surface area contributed by atoms with Crippen LogP contribution in [0.5, 0.6) is 0 Å². The fraction of sp³-hybridized carbons (Fsp3) is 0.600. The fourth-order valence-corrected chi connectivity index (χ4v) is 2.26. The maximum Gasteiger partial charge on any atom is 0.146 e. The minimum atomic E-state index is 0.0710. The van der Waals surface area contributed by atoms with Crippen LogP contribution in [0, 0.1) is 0 Å². The quantitative estimate of drug-likeness (QED) is 0.889. The molecule has 1 saturated heterocycles. The fourth-order valence-electron chi connectivity index (χ4n) is 1.80. The first-order valence-corrected chi connectivity index (χ1v) is 5.69. The smallest absolute Gasteiger partial charge is 0.146 e. The Labute approximate surface area is 91.7 Å². The van der Waals surface area contributed by atoms with Crippen LogP contribution in [0.25, 0.3) is 0 Å². The van der Waals surface area contributed by atoms with Crippen LogP contribution in [0.1, 0.15) is 31.1 Å². The first kappa shape index (κ1) is 10.2. The van der Waals surface area contributed by atoms with E-state index in [1.54, 1.807) is 6.26 Å². The molecule has 78 valence electrons. The van der Waals surface area contributed by atoms with Gasteiger partial charge in [0.15, 0.2) is 0 Å². The minimum Gasteiger partial charge on any atom is -0.465 e. The SMILES string of the molecule is NCC1CCCC(c2occc2Br)O1. The molecule has 2 atom stereocenters. The summed E-state index contributed by atoms with van der Waals surface area (Å²) in [5.74, 6) is 0.892. The molecule has 2 unspecified atom stereocenters. The predicted molar refractivity (Wildman–Crippen MR) is 56.9 cm³/mol. The molecule has 0 amide bonds. The second kappa shape index (κ2) is 4.47. The van der Waals surface area contributed by atoms with Gasteiger partial charge in [-0.25, -0.2) is 0 Å². The van der Waals surface area contributed by atoms with Crippen molar-refractivity contribution in [1.82, 2.24) is 0 Å². The lowest BCUT2D eigenvalue weighted by atomic mass is 10.0. The highest BCUT2D eigenvalue weighted by Crippen LogP contribution is 2.35. The maximum absolute atomic E-state index is 5.81. The first-order valence-electron chi connectivity index (χ1n) is 4.89. The molecular weight excluding hydrogens is 246 g/mol. The Kier molecular flexibility index (Phi) is 3.26. The van der Waals surface area contributed by atoms with E-state index in [1.807, 2.05) is 6.07 Å². The van der Waals surface area contributed by atoms with Crippen molar-refractivity contribution in [3.8, 4) is 0 Å². The predicted octanol–water partition coefficient (Wildman–Crippen LogP) is 2.61. The summed E-state index contributed by atoms with van der Waals surface area (Å²) < 4.78 is 12.2. The summed E-state index contributed by atoms with van der Waals surface area (Å²) in [6, 6.07) is 1.89. The van der Waals surface area contributed by atoms with E-state index in [9.17, 15) is 0 Å². The summed E-state index contributed by atoms with van der Waals surface area (Å²) in [6.45, 7) is 0.592. The van der Waals surface area contributed by atoms with Gasteiger partial charge in [-0.15, -0.1) is 0 Å². The Bertz CT molecular complexity index is 300.